The lowest BCUT2D eigenvalue weighted by molar-refractivity contribution is 0.101. The van der Waals surface area contributed by atoms with E-state index in [9.17, 15) is 9.59 Å². The first-order chi connectivity index (χ1) is 17.4. The van der Waals surface area contributed by atoms with Gasteiger partial charge in [-0.1, -0.05) is 35.9 Å². The molecule has 182 valence electrons. The van der Waals surface area contributed by atoms with Gasteiger partial charge in [-0.3, -0.25) is 14.2 Å². The number of rotatable bonds is 6. The fourth-order valence-electron chi connectivity index (χ4n) is 4.09. The number of carbonyl (C=O) groups excluding carboxylic acids is 1. The van der Waals surface area contributed by atoms with Crippen LogP contribution in [-0.4, -0.2) is 39.3 Å². The van der Waals surface area contributed by atoms with Crippen LogP contribution in [0.3, 0.4) is 0 Å². The fraction of sp³-hybridized carbons (Fsp3) is 0.185. The SMILES string of the molecule is COc1ccc(NC(=O)c2nc3c(=O)n(Cc4ccc(C)cc4)c4cc(C)ccc4n3n2)c(OC)c1. The number of carbonyl (C=O) groups is 1. The van der Waals surface area contributed by atoms with Gasteiger partial charge in [-0.25, -0.2) is 4.52 Å². The van der Waals surface area contributed by atoms with Crippen molar-refractivity contribution in [3.63, 3.8) is 0 Å². The van der Waals surface area contributed by atoms with Crippen molar-refractivity contribution < 1.29 is 14.3 Å². The van der Waals surface area contributed by atoms with Gasteiger partial charge in [0.1, 0.15) is 11.5 Å². The van der Waals surface area contributed by atoms with Crippen molar-refractivity contribution in [2.24, 2.45) is 0 Å². The predicted molar refractivity (Wildman–Crippen MR) is 137 cm³/mol. The first kappa shape index (κ1) is 23.1. The average molecular weight is 484 g/mol. The lowest BCUT2D eigenvalue weighted by Crippen LogP contribution is -2.24. The number of aromatic nitrogens is 4. The van der Waals surface area contributed by atoms with Crippen LogP contribution in [0.1, 0.15) is 27.3 Å². The Morgan fingerprint density at radius 2 is 1.67 bits per heavy atom. The molecule has 2 aromatic heterocycles. The van der Waals surface area contributed by atoms with Crippen LogP contribution in [0.4, 0.5) is 5.69 Å². The minimum absolute atomic E-state index is 0.0744. The molecule has 0 fully saturated rings. The monoisotopic (exact) mass is 483 g/mol. The largest absolute Gasteiger partial charge is 0.497 e. The number of hydrogen-bond acceptors (Lipinski definition) is 6. The molecule has 9 nitrogen and oxygen atoms in total. The topological polar surface area (TPSA) is 99.8 Å². The van der Waals surface area contributed by atoms with E-state index >= 15 is 0 Å². The van der Waals surface area contributed by atoms with Gasteiger partial charge >= 0.3 is 0 Å². The smallest absolute Gasteiger partial charge is 0.296 e. The van der Waals surface area contributed by atoms with Gasteiger partial charge in [-0.05, 0) is 49.2 Å². The minimum atomic E-state index is -0.563. The molecule has 5 rings (SSSR count). The molecule has 0 atom stereocenters. The zero-order valence-electron chi connectivity index (χ0n) is 20.4. The maximum absolute atomic E-state index is 13.6. The van der Waals surface area contributed by atoms with Gasteiger partial charge in [0.2, 0.25) is 11.5 Å². The summed E-state index contributed by atoms with van der Waals surface area (Å²) in [7, 11) is 3.04. The Morgan fingerprint density at radius 3 is 2.39 bits per heavy atom. The number of hydrogen-bond donors (Lipinski definition) is 1. The number of anilines is 1. The third kappa shape index (κ3) is 4.15. The van der Waals surface area contributed by atoms with Crippen LogP contribution in [0.5, 0.6) is 11.5 Å². The molecule has 1 N–H and O–H groups in total. The maximum atomic E-state index is 13.6. The molecule has 0 saturated heterocycles. The highest BCUT2D eigenvalue weighted by atomic mass is 16.5. The maximum Gasteiger partial charge on any atom is 0.296 e. The summed E-state index contributed by atoms with van der Waals surface area (Å²) in [4.78, 5) is 31.0. The predicted octanol–water partition coefficient (Wildman–Crippen LogP) is 3.98. The second-order valence-corrected chi connectivity index (χ2v) is 8.56. The average Bonchev–Trinajstić information content (AvgIpc) is 3.34. The molecule has 0 aliphatic carbocycles. The number of nitrogens with one attached hydrogen (secondary N) is 1. The highest BCUT2D eigenvalue weighted by Crippen LogP contribution is 2.29. The van der Waals surface area contributed by atoms with E-state index in [0.29, 0.717) is 34.8 Å². The van der Waals surface area contributed by atoms with Crippen LogP contribution in [0, 0.1) is 13.8 Å². The summed E-state index contributed by atoms with van der Waals surface area (Å²) in [5.74, 6) is 0.325. The molecule has 0 saturated carbocycles. The molecule has 5 aromatic rings. The standard InChI is InChI=1S/C27H25N5O4/c1-16-5-8-18(9-6-16)15-31-22-13-17(2)7-12-21(22)32-25(27(31)34)29-24(30-32)26(33)28-20-11-10-19(35-3)14-23(20)36-4/h5-14H,15H2,1-4H3,(H,28,33). The third-order valence-electron chi connectivity index (χ3n) is 6.01. The summed E-state index contributed by atoms with van der Waals surface area (Å²) in [6, 6.07) is 18.8. The van der Waals surface area contributed by atoms with E-state index < -0.39 is 5.91 Å². The van der Waals surface area contributed by atoms with E-state index in [1.807, 2.05) is 56.3 Å². The molecule has 0 radical (unpaired) electrons. The lowest BCUT2D eigenvalue weighted by atomic mass is 10.1. The van der Waals surface area contributed by atoms with Crippen LogP contribution in [-0.2, 0) is 6.54 Å². The molecule has 36 heavy (non-hydrogen) atoms. The van der Waals surface area contributed by atoms with Crippen molar-refractivity contribution >= 4 is 28.3 Å². The number of aryl methyl sites for hydroxylation is 2. The van der Waals surface area contributed by atoms with Crippen molar-refractivity contribution in [3.05, 3.63) is 93.5 Å². The van der Waals surface area contributed by atoms with E-state index in [-0.39, 0.29) is 17.0 Å². The van der Waals surface area contributed by atoms with Gasteiger partial charge in [-0.2, -0.15) is 4.98 Å². The summed E-state index contributed by atoms with van der Waals surface area (Å²) in [6.45, 7) is 4.35. The van der Waals surface area contributed by atoms with Crippen molar-refractivity contribution in [2.75, 3.05) is 19.5 Å². The second kappa shape index (κ2) is 9.18. The van der Waals surface area contributed by atoms with E-state index in [0.717, 1.165) is 16.7 Å². The zero-order valence-corrected chi connectivity index (χ0v) is 20.4. The zero-order chi connectivity index (χ0) is 25.4. The van der Waals surface area contributed by atoms with Crippen LogP contribution in [0.25, 0.3) is 16.7 Å². The van der Waals surface area contributed by atoms with Gasteiger partial charge in [-0.15, -0.1) is 5.10 Å². The number of benzene rings is 3. The Hall–Kier alpha value is -4.66. The van der Waals surface area contributed by atoms with E-state index in [2.05, 4.69) is 15.4 Å². The fourth-order valence-corrected chi connectivity index (χ4v) is 4.09. The molecule has 0 aliphatic rings. The third-order valence-corrected chi connectivity index (χ3v) is 6.01. The van der Waals surface area contributed by atoms with Gasteiger partial charge in [0.25, 0.3) is 11.5 Å². The molecule has 0 unspecified atom stereocenters. The summed E-state index contributed by atoms with van der Waals surface area (Å²) in [5, 5.41) is 7.15. The van der Waals surface area contributed by atoms with E-state index in [1.54, 1.807) is 29.9 Å². The molecule has 0 aliphatic heterocycles. The number of amides is 1. The van der Waals surface area contributed by atoms with Gasteiger partial charge in [0, 0.05) is 6.07 Å². The second-order valence-electron chi connectivity index (χ2n) is 8.56. The molecule has 2 heterocycles. The summed E-state index contributed by atoms with van der Waals surface area (Å²) < 4.78 is 13.7. The summed E-state index contributed by atoms with van der Waals surface area (Å²) >= 11 is 0. The Morgan fingerprint density at radius 1 is 0.917 bits per heavy atom. The number of fused-ring (bicyclic) bond motifs is 3. The molecule has 0 bridgehead atoms. The summed E-state index contributed by atoms with van der Waals surface area (Å²) in [6.07, 6.45) is 0. The Balaban J connectivity index is 1.60. The first-order valence-corrected chi connectivity index (χ1v) is 11.4. The first-order valence-electron chi connectivity index (χ1n) is 11.4. The molecule has 1 amide bonds. The van der Waals surface area contributed by atoms with Crippen LogP contribution >= 0.6 is 0 Å². The van der Waals surface area contributed by atoms with Crippen molar-refractivity contribution in [2.45, 2.75) is 20.4 Å². The van der Waals surface area contributed by atoms with E-state index in [4.69, 9.17) is 9.47 Å². The lowest BCUT2D eigenvalue weighted by Gasteiger charge is -2.12. The minimum Gasteiger partial charge on any atom is -0.497 e. The number of ether oxygens (including phenoxy) is 2. The molecule has 3 aromatic carbocycles. The highest BCUT2D eigenvalue weighted by Gasteiger charge is 2.20. The van der Waals surface area contributed by atoms with Gasteiger partial charge in [0.05, 0.1) is 37.5 Å². The Labute approximate surface area is 206 Å². The molecule has 9 heteroatoms. The quantitative estimate of drug-likeness (QED) is 0.392. The number of methoxy groups -OCH3 is 2. The molecule has 0 spiro atoms. The highest BCUT2D eigenvalue weighted by molar-refractivity contribution is 6.03. The van der Waals surface area contributed by atoms with Gasteiger partial charge < -0.3 is 14.8 Å². The van der Waals surface area contributed by atoms with Gasteiger partial charge in [0.15, 0.2) is 0 Å². The summed E-state index contributed by atoms with van der Waals surface area (Å²) in [5.41, 5.74) is 4.69. The number of nitrogens with zero attached hydrogens (tertiary/aromatic N) is 4. The van der Waals surface area contributed by atoms with Crippen molar-refractivity contribution in [3.8, 4) is 11.5 Å². The normalized spacial score (nSPS) is 11.1. The van der Waals surface area contributed by atoms with Crippen LogP contribution in [0.2, 0.25) is 0 Å². The van der Waals surface area contributed by atoms with Crippen LogP contribution in [0.15, 0.2) is 65.5 Å². The van der Waals surface area contributed by atoms with Crippen LogP contribution < -0.4 is 20.3 Å². The Kier molecular flexibility index (Phi) is 5.89. The molecular weight excluding hydrogens is 458 g/mol. The Bertz CT molecular complexity index is 1670. The van der Waals surface area contributed by atoms with Crippen molar-refractivity contribution in [1.82, 2.24) is 19.2 Å². The van der Waals surface area contributed by atoms with Crippen molar-refractivity contribution in [1.29, 1.82) is 0 Å². The van der Waals surface area contributed by atoms with E-state index in [1.165, 1.54) is 11.6 Å². The molecular formula is C27H25N5O4.